The maximum absolute atomic E-state index is 12.6. The van der Waals surface area contributed by atoms with Crippen molar-refractivity contribution in [3.63, 3.8) is 0 Å². The number of esters is 4. The second-order valence-corrected chi connectivity index (χ2v) is 11.6. The predicted molar refractivity (Wildman–Crippen MR) is 134 cm³/mol. The smallest absolute Gasteiger partial charge is 0.303 e. The molecular weight excluding hydrogens is 496 g/mol. The molecule has 2 bridgehead atoms. The predicted octanol–water partition coefficient (Wildman–Crippen LogP) is 2.39. The van der Waals surface area contributed by atoms with E-state index in [2.05, 4.69) is 6.58 Å². The van der Waals surface area contributed by atoms with Crippen LogP contribution >= 0.6 is 0 Å². The lowest BCUT2D eigenvalue weighted by Crippen LogP contribution is -2.68. The summed E-state index contributed by atoms with van der Waals surface area (Å²) in [6.07, 6.45) is -6.36. The number of hydrogen-bond donors (Lipinski definition) is 2. The van der Waals surface area contributed by atoms with Gasteiger partial charge in [0.05, 0.1) is 17.6 Å². The molecule has 38 heavy (non-hydrogen) atoms. The SMILES string of the molecule is C=C1[C@@H](O)C[C@H](OC(C)=O)[C@@]2(C)[C@@H](OC(C)=O)[C@H](OC(C)=O)C3=C(C)[C@@H](O)C[C@@H]([C@@H](OC(C)=O)[C@H]12)C3(C)C. The Morgan fingerprint density at radius 2 is 1.34 bits per heavy atom. The maximum atomic E-state index is 12.6. The van der Waals surface area contributed by atoms with Crippen LogP contribution in [-0.4, -0.2) is 70.7 Å². The Labute approximate surface area is 223 Å². The monoisotopic (exact) mass is 536 g/mol. The second-order valence-electron chi connectivity index (χ2n) is 11.6. The highest BCUT2D eigenvalue weighted by Gasteiger charge is 2.67. The lowest BCUT2D eigenvalue weighted by atomic mass is 9.48. The first-order valence-corrected chi connectivity index (χ1v) is 12.9. The lowest BCUT2D eigenvalue weighted by Gasteiger charge is -2.61. The van der Waals surface area contributed by atoms with Crippen molar-refractivity contribution in [2.24, 2.45) is 22.7 Å². The molecule has 10 nitrogen and oxygen atoms in total. The fraction of sp³-hybridized carbons (Fsp3) is 0.714. The Kier molecular flexibility index (Phi) is 8.20. The van der Waals surface area contributed by atoms with Crippen LogP contribution in [0.25, 0.3) is 0 Å². The highest BCUT2D eigenvalue weighted by atomic mass is 16.6. The van der Waals surface area contributed by atoms with Gasteiger partial charge in [0, 0.05) is 46.0 Å². The number of carbonyl (C=O) groups is 4. The molecule has 0 saturated heterocycles. The number of carbonyl (C=O) groups excluding carboxylic acids is 4. The molecule has 0 aromatic rings. The number of aliphatic hydroxyl groups excluding tert-OH is 2. The fourth-order valence-corrected chi connectivity index (χ4v) is 7.17. The van der Waals surface area contributed by atoms with Crippen molar-refractivity contribution in [1.82, 2.24) is 0 Å². The van der Waals surface area contributed by atoms with Crippen LogP contribution < -0.4 is 0 Å². The molecule has 0 aromatic heterocycles. The van der Waals surface area contributed by atoms with Gasteiger partial charge in [0.1, 0.15) is 12.2 Å². The molecule has 212 valence electrons. The van der Waals surface area contributed by atoms with Crippen LogP contribution in [0.15, 0.2) is 23.3 Å². The van der Waals surface area contributed by atoms with E-state index >= 15 is 0 Å². The second kappa shape index (κ2) is 10.4. The Hall–Kier alpha value is -2.72. The average molecular weight is 537 g/mol. The molecule has 3 aliphatic rings. The normalized spacial score (nSPS) is 38.2. The molecule has 9 atom stereocenters. The summed E-state index contributed by atoms with van der Waals surface area (Å²) in [5, 5.41) is 22.2. The minimum absolute atomic E-state index is 0.0581. The molecule has 0 heterocycles. The lowest BCUT2D eigenvalue weighted by molar-refractivity contribution is -0.228. The van der Waals surface area contributed by atoms with E-state index in [1.807, 2.05) is 13.8 Å². The first-order valence-electron chi connectivity index (χ1n) is 12.9. The standard InChI is InChI=1S/C28H40O10/c1-12-19(33)10-18-24(36-15(4)30)23-13(2)20(34)11-21(35-14(3)29)28(23,9)26(38-17(6)32)25(37-16(5)31)22(12)27(18,7)8/h18-21,23-26,33-34H,2,10-11H2,1,3-9H3/t18-,19-,20-,21-,23-,24+,25+,26-,28+/m0/s1. The summed E-state index contributed by atoms with van der Waals surface area (Å²) in [5.74, 6) is -3.97. The Bertz CT molecular complexity index is 1060. The molecule has 0 aromatic carbocycles. The first kappa shape index (κ1) is 29.8. The summed E-state index contributed by atoms with van der Waals surface area (Å²) in [4.78, 5) is 49.8. The Balaban J connectivity index is 2.49. The third kappa shape index (κ3) is 5.00. The quantitative estimate of drug-likeness (QED) is 0.312. The van der Waals surface area contributed by atoms with Crippen LogP contribution in [0.2, 0.25) is 0 Å². The molecule has 2 fully saturated rings. The van der Waals surface area contributed by atoms with E-state index in [-0.39, 0.29) is 12.8 Å². The highest BCUT2D eigenvalue weighted by molar-refractivity contribution is 5.69. The van der Waals surface area contributed by atoms with Gasteiger partial charge in [-0.3, -0.25) is 19.2 Å². The van der Waals surface area contributed by atoms with Gasteiger partial charge in [0.2, 0.25) is 0 Å². The van der Waals surface area contributed by atoms with Crippen LogP contribution in [0.1, 0.15) is 68.2 Å². The van der Waals surface area contributed by atoms with Gasteiger partial charge >= 0.3 is 23.9 Å². The van der Waals surface area contributed by atoms with Crippen molar-refractivity contribution in [2.75, 3.05) is 0 Å². The molecule has 0 unspecified atom stereocenters. The van der Waals surface area contributed by atoms with E-state index in [1.54, 1.807) is 13.8 Å². The molecule has 0 radical (unpaired) electrons. The molecule has 0 spiro atoms. The minimum Gasteiger partial charge on any atom is -0.462 e. The Morgan fingerprint density at radius 3 is 1.84 bits per heavy atom. The summed E-state index contributed by atoms with van der Waals surface area (Å²) >= 11 is 0. The molecular formula is C28H40O10. The van der Waals surface area contributed by atoms with Gasteiger partial charge in [-0.05, 0) is 35.5 Å². The number of fused-ring (bicyclic) bond motifs is 3. The molecule has 0 aliphatic heterocycles. The third-order valence-electron chi connectivity index (χ3n) is 8.75. The van der Waals surface area contributed by atoms with E-state index < -0.39 is 83.2 Å². The van der Waals surface area contributed by atoms with Gasteiger partial charge in [-0.2, -0.15) is 0 Å². The van der Waals surface area contributed by atoms with Gasteiger partial charge in [-0.25, -0.2) is 0 Å². The maximum Gasteiger partial charge on any atom is 0.303 e. The number of ether oxygens (including phenoxy) is 4. The van der Waals surface area contributed by atoms with Crippen LogP contribution in [-0.2, 0) is 38.1 Å². The summed E-state index contributed by atoms with van der Waals surface area (Å²) in [6, 6.07) is 0. The van der Waals surface area contributed by atoms with E-state index in [9.17, 15) is 29.4 Å². The van der Waals surface area contributed by atoms with Crippen molar-refractivity contribution < 1.29 is 48.3 Å². The van der Waals surface area contributed by atoms with E-state index in [0.29, 0.717) is 16.7 Å². The summed E-state index contributed by atoms with van der Waals surface area (Å²) < 4.78 is 23.6. The zero-order chi connectivity index (χ0) is 28.9. The molecule has 10 heteroatoms. The van der Waals surface area contributed by atoms with Gasteiger partial charge in [0.15, 0.2) is 12.2 Å². The molecule has 3 aliphatic carbocycles. The van der Waals surface area contributed by atoms with E-state index in [0.717, 1.165) is 0 Å². The van der Waals surface area contributed by atoms with Gasteiger partial charge in [-0.15, -0.1) is 0 Å². The van der Waals surface area contributed by atoms with Crippen LogP contribution in [0.5, 0.6) is 0 Å². The van der Waals surface area contributed by atoms with Crippen molar-refractivity contribution in [3.8, 4) is 0 Å². The number of rotatable bonds is 4. The summed E-state index contributed by atoms with van der Waals surface area (Å²) in [6.45, 7) is 16.3. The summed E-state index contributed by atoms with van der Waals surface area (Å²) in [5.41, 5.74) is -0.796. The van der Waals surface area contributed by atoms with Crippen LogP contribution in [0.4, 0.5) is 0 Å². The largest absolute Gasteiger partial charge is 0.462 e. The zero-order valence-electron chi connectivity index (χ0n) is 23.4. The van der Waals surface area contributed by atoms with Crippen molar-refractivity contribution >= 4 is 23.9 Å². The molecule has 3 rings (SSSR count). The average Bonchev–Trinajstić information content (AvgIpc) is 2.75. The molecule has 2 N–H and O–H groups in total. The number of hydrogen-bond acceptors (Lipinski definition) is 10. The van der Waals surface area contributed by atoms with Crippen molar-refractivity contribution in [2.45, 2.75) is 105 Å². The third-order valence-corrected chi connectivity index (χ3v) is 8.75. The van der Waals surface area contributed by atoms with Gasteiger partial charge in [0.25, 0.3) is 0 Å². The van der Waals surface area contributed by atoms with Crippen molar-refractivity contribution in [1.29, 1.82) is 0 Å². The minimum atomic E-state index is -1.36. The summed E-state index contributed by atoms with van der Waals surface area (Å²) in [7, 11) is 0. The van der Waals surface area contributed by atoms with Gasteiger partial charge < -0.3 is 29.2 Å². The van der Waals surface area contributed by atoms with Crippen LogP contribution in [0, 0.1) is 22.7 Å². The fourth-order valence-electron chi connectivity index (χ4n) is 7.17. The first-order chi connectivity index (χ1) is 17.4. The van der Waals surface area contributed by atoms with E-state index in [1.165, 1.54) is 27.7 Å². The van der Waals surface area contributed by atoms with Crippen molar-refractivity contribution in [3.05, 3.63) is 23.3 Å². The van der Waals surface area contributed by atoms with E-state index in [4.69, 9.17) is 18.9 Å². The highest BCUT2D eigenvalue weighted by Crippen LogP contribution is 2.61. The Morgan fingerprint density at radius 1 is 0.816 bits per heavy atom. The van der Waals surface area contributed by atoms with Crippen LogP contribution in [0.3, 0.4) is 0 Å². The molecule has 2 saturated carbocycles. The molecule has 0 amide bonds. The number of aliphatic hydroxyl groups is 2. The zero-order valence-corrected chi connectivity index (χ0v) is 23.4. The van der Waals surface area contributed by atoms with Gasteiger partial charge in [-0.1, -0.05) is 27.4 Å². The topological polar surface area (TPSA) is 146 Å².